The standard InChI is InChI=1S/C22H25F3N6O2/c1-32-16-8-9-17(16)33-20-15(22(23,24)25)12-26-21(28-20)27-14-6-4-5-13(11-14)19-30-29-18-7-2-3-10-31(18)19/h2-3,7,10,12-14,16-17H,4-6,8-9,11H2,1H3,(H,26,27,28)/t13-,14+,16?,17?/m0/s1. The van der Waals surface area contributed by atoms with Crippen LogP contribution in [0.2, 0.25) is 0 Å². The van der Waals surface area contributed by atoms with Gasteiger partial charge in [-0.3, -0.25) is 4.40 Å². The van der Waals surface area contributed by atoms with Crippen LogP contribution < -0.4 is 10.1 Å². The summed E-state index contributed by atoms with van der Waals surface area (Å²) < 4.78 is 53.3. The van der Waals surface area contributed by atoms with E-state index in [1.165, 1.54) is 7.11 Å². The summed E-state index contributed by atoms with van der Waals surface area (Å²) in [5.74, 6) is 0.743. The summed E-state index contributed by atoms with van der Waals surface area (Å²) in [6.45, 7) is 0. The normalized spacial score (nSPS) is 25.6. The lowest BCUT2D eigenvalue weighted by Crippen LogP contribution is -2.43. The molecule has 1 N–H and O–H groups in total. The van der Waals surface area contributed by atoms with Crippen molar-refractivity contribution < 1.29 is 22.6 Å². The monoisotopic (exact) mass is 462 g/mol. The molecule has 0 saturated heterocycles. The number of halogens is 3. The highest BCUT2D eigenvalue weighted by Crippen LogP contribution is 2.38. The lowest BCUT2D eigenvalue weighted by Gasteiger charge is -2.35. The van der Waals surface area contributed by atoms with Crippen molar-refractivity contribution in [1.29, 1.82) is 0 Å². The van der Waals surface area contributed by atoms with Crippen molar-refractivity contribution in [2.24, 2.45) is 0 Å². The van der Waals surface area contributed by atoms with Gasteiger partial charge in [0, 0.05) is 31.5 Å². The first kappa shape index (κ1) is 21.9. The van der Waals surface area contributed by atoms with E-state index in [0.29, 0.717) is 6.42 Å². The van der Waals surface area contributed by atoms with Crippen molar-refractivity contribution in [2.75, 3.05) is 12.4 Å². The Morgan fingerprint density at radius 1 is 1.09 bits per heavy atom. The van der Waals surface area contributed by atoms with Crippen molar-refractivity contribution in [3.63, 3.8) is 0 Å². The molecule has 0 spiro atoms. The van der Waals surface area contributed by atoms with Crippen LogP contribution in [0.5, 0.6) is 5.88 Å². The average molecular weight is 462 g/mol. The average Bonchev–Trinajstić information content (AvgIpc) is 3.21. The quantitative estimate of drug-likeness (QED) is 0.587. The fourth-order valence-electron chi connectivity index (χ4n) is 4.58. The number of nitrogens with one attached hydrogen (secondary N) is 1. The number of hydrogen-bond acceptors (Lipinski definition) is 7. The molecule has 5 rings (SSSR count). The largest absolute Gasteiger partial charge is 0.471 e. The van der Waals surface area contributed by atoms with Crippen LogP contribution in [0.1, 0.15) is 55.8 Å². The summed E-state index contributed by atoms with van der Waals surface area (Å²) in [7, 11) is 1.52. The van der Waals surface area contributed by atoms with Crippen molar-refractivity contribution >= 4 is 11.6 Å². The maximum Gasteiger partial charge on any atom is 0.423 e. The molecule has 11 heteroatoms. The minimum atomic E-state index is -4.61. The van der Waals surface area contributed by atoms with Crippen molar-refractivity contribution in [3.8, 4) is 5.88 Å². The molecule has 8 nitrogen and oxygen atoms in total. The van der Waals surface area contributed by atoms with Gasteiger partial charge in [0.25, 0.3) is 0 Å². The predicted molar refractivity (Wildman–Crippen MR) is 113 cm³/mol. The highest BCUT2D eigenvalue weighted by Gasteiger charge is 2.40. The summed E-state index contributed by atoms with van der Waals surface area (Å²) >= 11 is 0. The van der Waals surface area contributed by atoms with Crippen LogP contribution in [0.25, 0.3) is 5.65 Å². The smallest absolute Gasteiger partial charge is 0.423 e. The fraction of sp³-hybridized carbons (Fsp3) is 0.545. The maximum atomic E-state index is 13.5. The number of aromatic nitrogens is 5. The second kappa shape index (κ2) is 8.77. The molecule has 0 bridgehead atoms. The molecule has 2 aliphatic carbocycles. The highest BCUT2D eigenvalue weighted by molar-refractivity contribution is 5.38. The first-order chi connectivity index (χ1) is 15.9. The van der Waals surface area contributed by atoms with E-state index in [0.717, 1.165) is 49.8 Å². The van der Waals surface area contributed by atoms with Gasteiger partial charge in [-0.25, -0.2) is 4.98 Å². The number of pyridine rings is 1. The molecular weight excluding hydrogens is 437 g/mol. The molecule has 3 aromatic heterocycles. The number of hydrogen-bond donors (Lipinski definition) is 1. The Labute approximate surface area is 188 Å². The maximum absolute atomic E-state index is 13.5. The first-order valence-corrected chi connectivity index (χ1v) is 11.1. The number of alkyl halides is 3. The van der Waals surface area contributed by atoms with Gasteiger partial charge in [0.05, 0.1) is 6.10 Å². The summed E-state index contributed by atoms with van der Waals surface area (Å²) in [5.41, 5.74) is -0.188. The number of nitrogens with zero attached hydrogens (tertiary/aromatic N) is 5. The summed E-state index contributed by atoms with van der Waals surface area (Å²) in [6, 6.07) is 5.76. The topological polar surface area (TPSA) is 86.5 Å². The summed E-state index contributed by atoms with van der Waals surface area (Å²) in [5, 5.41) is 11.8. The van der Waals surface area contributed by atoms with Crippen LogP contribution in [0, 0.1) is 0 Å². The summed E-state index contributed by atoms with van der Waals surface area (Å²) in [6.07, 6.45) is 2.36. The Bertz CT molecular complexity index is 1120. The molecule has 0 aliphatic heterocycles. The molecule has 3 aromatic rings. The number of methoxy groups -OCH3 is 1. The van der Waals surface area contributed by atoms with Crippen LogP contribution in [0.3, 0.4) is 0 Å². The molecule has 2 saturated carbocycles. The van der Waals surface area contributed by atoms with Gasteiger partial charge in [-0.1, -0.05) is 12.5 Å². The van der Waals surface area contributed by atoms with Gasteiger partial charge in [0.2, 0.25) is 11.8 Å². The molecule has 3 heterocycles. The van der Waals surface area contributed by atoms with Crippen molar-refractivity contribution in [1.82, 2.24) is 24.6 Å². The molecule has 0 radical (unpaired) electrons. The second-order valence-corrected chi connectivity index (χ2v) is 8.61. The van der Waals surface area contributed by atoms with Gasteiger partial charge >= 0.3 is 6.18 Å². The van der Waals surface area contributed by atoms with E-state index in [4.69, 9.17) is 9.47 Å². The predicted octanol–water partition coefficient (Wildman–Crippen LogP) is 4.23. The Morgan fingerprint density at radius 3 is 2.70 bits per heavy atom. The third-order valence-electron chi connectivity index (χ3n) is 6.49. The Hall–Kier alpha value is -2.95. The lowest BCUT2D eigenvalue weighted by atomic mass is 9.85. The van der Waals surface area contributed by atoms with Crippen molar-refractivity contribution in [2.45, 2.75) is 68.9 Å². The molecule has 4 atom stereocenters. The van der Waals surface area contributed by atoms with E-state index in [1.807, 2.05) is 28.8 Å². The number of fused-ring (bicyclic) bond motifs is 1. The lowest BCUT2D eigenvalue weighted by molar-refractivity contribution is -0.141. The number of ether oxygens (including phenoxy) is 2. The van der Waals surface area contributed by atoms with Crippen LogP contribution in [0.4, 0.5) is 19.1 Å². The minimum absolute atomic E-state index is 0.000162. The van der Waals surface area contributed by atoms with E-state index in [-0.39, 0.29) is 24.0 Å². The Balaban J connectivity index is 1.33. The van der Waals surface area contributed by atoms with Gasteiger partial charge in [-0.2, -0.15) is 18.2 Å². The van der Waals surface area contributed by atoms with Crippen LogP contribution >= 0.6 is 0 Å². The third kappa shape index (κ3) is 4.46. The van der Waals surface area contributed by atoms with Gasteiger partial charge < -0.3 is 14.8 Å². The molecule has 2 unspecified atom stereocenters. The zero-order valence-electron chi connectivity index (χ0n) is 18.1. The third-order valence-corrected chi connectivity index (χ3v) is 6.49. The number of anilines is 1. The molecule has 0 amide bonds. The zero-order valence-corrected chi connectivity index (χ0v) is 18.1. The summed E-state index contributed by atoms with van der Waals surface area (Å²) in [4.78, 5) is 8.05. The Morgan fingerprint density at radius 2 is 1.94 bits per heavy atom. The molecular formula is C22H25F3N6O2. The van der Waals surface area contributed by atoms with Crippen molar-refractivity contribution in [3.05, 3.63) is 42.0 Å². The second-order valence-electron chi connectivity index (χ2n) is 8.61. The fourth-order valence-corrected chi connectivity index (χ4v) is 4.58. The van der Waals surface area contributed by atoms with Crippen LogP contribution in [-0.2, 0) is 10.9 Å². The Kier molecular flexibility index (Phi) is 5.81. The number of rotatable bonds is 6. The highest BCUT2D eigenvalue weighted by atomic mass is 19.4. The molecule has 0 aromatic carbocycles. The van der Waals surface area contributed by atoms with E-state index >= 15 is 0 Å². The van der Waals surface area contributed by atoms with E-state index in [1.54, 1.807) is 0 Å². The minimum Gasteiger partial charge on any atom is -0.471 e. The molecule has 176 valence electrons. The zero-order chi connectivity index (χ0) is 23.0. The van der Waals surface area contributed by atoms with Gasteiger partial charge in [0.1, 0.15) is 17.5 Å². The van der Waals surface area contributed by atoms with Crippen LogP contribution in [0.15, 0.2) is 30.6 Å². The first-order valence-electron chi connectivity index (χ1n) is 11.1. The van der Waals surface area contributed by atoms with E-state index < -0.39 is 23.7 Å². The van der Waals surface area contributed by atoms with Gasteiger partial charge in [-0.15, -0.1) is 10.2 Å². The van der Waals surface area contributed by atoms with E-state index in [2.05, 4.69) is 25.5 Å². The SMILES string of the molecule is COC1CCC1Oc1nc(N[C@@H]2CCC[C@H](c3nnc4ccccn34)C2)ncc1C(F)(F)F. The molecule has 33 heavy (non-hydrogen) atoms. The molecule has 2 fully saturated rings. The van der Waals surface area contributed by atoms with Gasteiger partial charge in [-0.05, 0) is 44.2 Å². The van der Waals surface area contributed by atoms with Gasteiger partial charge in [0.15, 0.2) is 5.65 Å². The molecule has 2 aliphatic rings. The van der Waals surface area contributed by atoms with E-state index in [9.17, 15) is 13.2 Å². The van der Waals surface area contributed by atoms with Crippen LogP contribution in [-0.4, -0.2) is 49.9 Å².